The maximum absolute atomic E-state index is 5.80. The Morgan fingerprint density at radius 2 is 2.13 bits per heavy atom. The average Bonchev–Trinajstić information content (AvgIpc) is 2.20. The number of nitrogens with two attached hydrogens (primary N) is 1. The summed E-state index contributed by atoms with van der Waals surface area (Å²) in [4.78, 5) is 2.52. The molecule has 1 saturated heterocycles. The van der Waals surface area contributed by atoms with E-state index in [4.69, 9.17) is 10.5 Å². The van der Waals surface area contributed by atoms with Crippen LogP contribution in [0, 0.1) is 0 Å². The van der Waals surface area contributed by atoms with Gasteiger partial charge in [0.15, 0.2) is 0 Å². The lowest BCUT2D eigenvalue weighted by Crippen LogP contribution is -2.50. The van der Waals surface area contributed by atoms with Gasteiger partial charge in [-0.15, -0.1) is 0 Å². The molecular formula is C12H26N2O. The molecule has 1 heterocycles. The van der Waals surface area contributed by atoms with Crippen LogP contribution < -0.4 is 5.73 Å². The summed E-state index contributed by atoms with van der Waals surface area (Å²) in [5, 5.41) is 0. The minimum atomic E-state index is 0.335. The minimum absolute atomic E-state index is 0.335. The van der Waals surface area contributed by atoms with Gasteiger partial charge in [0.1, 0.15) is 0 Å². The van der Waals surface area contributed by atoms with Crippen molar-refractivity contribution < 1.29 is 4.74 Å². The SMILES string of the molecule is CC(C)OCCN1C(C)CCCC1CN. The van der Waals surface area contributed by atoms with Crippen LogP contribution in [0.2, 0.25) is 0 Å². The molecule has 2 unspecified atom stereocenters. The van der Waals surface area contributed by atoms with Crippen LogP contribution in [0.4, 0.5) is 0 Å². The zero-order valence-corrected chi connectivity index (χ0v) is 10.4. The van der Waals surface area contributed by atoms with Crippen molar-refractivity contribution in [2.24, 2.45) is 5.73 Å². The van der Waals surface area contributed by atoms with Crippen molar-refractivity contribution >= 4 is 0 Å². The molecule has 0 spiro atoms. The van der Waals surface area contributed by atoms with Gasteiger partial charge in [0.05, 0.1) is 12.7 Å². The van der Waals surface area contributed by atoms with Gasteiger partial charge in [-0.25, -0.2) is 0 Å². The number of nitrogens with zero attached hydrogens (tertiary/aromatic N) is 1. The van der Waals surface area contributed by atoms with Crippen LogP contribution >= 0.6 is 0 Å². The van der Waals surface area contributed by atoms with Crippen LogP contribution in [0.5, 0.6) is 0 Å². The van der Waals surface area contributed by atoms with Crippen molar-refractivity contribution in [3.8, 4) is 0 Å². The summed E-state index contributed by atoms with van der Waals surface area (Å²) < 4.78 is 5.60. The van der Waals surface area contributed by atoms with Crippen molar-refractivity contribution in [1.82, 2.24) is 4.90 Å². The molecule has 1 fully saturated rings. The molecule has 0 aromatic carbocycles. The first-order chi connectivity index (χ1) is 7.15. The average molecular weight is 214 g/mol. The van der Waals surface area contributed by atoms with Crippen LogP contribution in [0.1, 0.15) is 40.0 Å². The monoisotopic (exact) mass is 214 g/mol. The Balaban J connectivity index is 2.33. The number of likely N-dealkylation sites (tertiary alicyclic amines) is 1. The predicted molar refractivity (Wildman–Crippen MR) is 63.9 cm³/mol. The highest BCUT2D eigenvalue weighted by Crippen LogP contribution is 2.21. The van der Waals surface area contributed by atoms with Crippen LogP contribution in [0.25, 0.3) is 0 Å². The Labute approximate surface area is 94.0 Å². The lowest BCUT2D eigenvalue weighted by atomic mass is 9.96. The van der Waals surface area contributed by atoms with Crippen molar-refractivity contribution in [2.45, 2.75) is 58.2 Å². The Hall–Kier alpha value is -0.120. The molecule has 0 amide bonds. The van der Waals surface area contributed by atoms with E-state index in [0.29, 0.717) is 18.2 Å². The van der Waals surface area contributed by atoms with Gasteiger partial charge in [0.2, 0.25) is 0 Å². The summed E-state index contributed by atoms with van der Waals surface area (Å²) >= 11 is 0. The second-order valence-electron chi connectivity index (χ2n) is 4.83. The smallest absolute Gasteiger partial charge is 0.0597 e. The molecule has 0 bridgehead atoms. The van der Waals surface area contributed by atoms with Gasteiger partial charge in [-0.3, -0.25) is 4.90 Å². The molecule has 0 radical (unpaired) electrons. The summed E-state index contributed by atoms with van der Waals surface area (Å²) in [7, 11) is 0. The van der Waals surface area contributed by atoms with Gasteiger partial charge in [0, 0.05) is 25.2 Å². The van der Waals surface area contributed by atoms with Gasteiger partial charge in [-0.1, -0.05) is 6.42 Å². The van der Waals surface area contributed by atoms with Crippen LogP contribution in [0.3, 0.4) is 0 Å². The van der Waals surface area contributed by atoms with E-state index in [1.807, 2.05) is 0 Å². The molecule has 0 aromatic heterocycles. The summed E-state index contributed by atoms with van der Waals surface area (Å²) in [5.41, 5.74) is 5.80. The third-order valence-corrected chi connectivity index (χ3v) is 3.27. The van der Waals surface area contributed by atoms with Crippen molar-refractivity contribution in [1.29, 1.82) is 0 Å². The maximum Gasteiger partial charge on any atom is 0.0597 e. The standard InChI is InChI=1S/C12H26N2O/c1-10(2)15-8-7-14-11(3)5-4-6-12(14)9-13/h10-12H,4-9,13H2,1-3H3. The zero-order chi connectivity index (χ0) is 11.3. The fraction of sp³-hybridized carbons (Fsp3) is 1.00. The minimum Gasteiger partial charge on any atom is -0.377 e. The number of hydrogen-bond acceptors (Lipinski definition) is 3. The fourth-order valence-corrected chi connectivity index (χ4v) is 2.39. The number of rotatable bonds is 5. The summed E-state index contributed by atoms with van der Waals surface area (Å²) in [6, 6.07) is 1.24. The molecule has 2 N–H and O–H groups in total. The first-order valence-corrected chi connectivity index (χ1v) is 6.22. The van der Waals surface area contributed by atoms with Crippen molar-refractivity contribution in [3.63, 3.8) is 0 Å². The van der Waals surface area contributed by atoms with Gasteiger partial charge in [0.25, 0.3) is 0 Å². The molecule has 2 atom stereocenters. The quantitative estimate of drug-likeness (QED) is 0.755. The highest BCUT2D eigenvalue weighted by Gasteiger charge is 2.26. The largest absolute Gasteiger partial charge is 0.377 e. The van der Waals surface area contributed by atoms with Gasteiger partial charge in [-0.2, -0.15) is 0 Å². The molecule has 1 aliphatic heterocycles. The molecule has 3 heteroatoms. The Morgan fingerprint density at radius 3 is 2.73 bits per heavy atom. The molecule has 90 valence electrons. The molecule has 1 rings (SSSR count). The van der Waals surface area contributed by atoms with E-state index in [1.54, 1.807) is 0 Å². The molecule has 0 aromatic rings. The lowest BCUT2D eigenvalue weighted by Gasteiger charge is -2.40. The molecule has 15 heavy (non-hydrogen) atoms. The maximum atomic E-state index is 5.80. The van der Waals surface area contributed by atoms with E-state index >= 15 is 0 Å². The summed E-state index contributed by atoms with van der Waals surface area (Å²) in [6.45, 7) is 9.11. The van der Waals surface area contributed by atoms with Gasteiger partial charge < -0.3 is 10.5 Å². The third kappa shape index (κ3) is 4.09. The second-order valence-corrected chi connectivity index (χ2v) is 4.83. The van der Waals surface area contributed by atoms with E-state index in [1.165, 1.54) is 19.3 Å². The third-order valence-electron chi connectivity index (χ3n) is 3.27. The molecule has 1 aliphatic rings. The Kier molecular flexibility index (Phi) is 5.58. The number of piperidine rings is 1. The lowest BCUT2D eigenvalue weighted by molar-refractivity contribution is 0.0235. The van der Waals surface area contributed by atoms with Crippen molar-refractivity contribution in [2.75, 3.05) is 19.7 Å². The topological polar surface area (TPSA) is 38.5 Å². The predicted octanol–water partition coefficient (Wildman–Crippen LogP) is 1.61. The van der Waals surface area contributed by atoms with E-state index < -0.39 is 0 Å². The van der Waals surface area contributed by atoms with Crippen LogP contribution in [-0.2, 0) is 4.74 Å². The normalized spacial score (nSPS) is 28.6. The molecular weight excluding hydrogens is 188 g/mol. The highest BCUT2D eigenvalue weighted by atomic mass is 16.5. The van der Waals surface area contributed by atoms with Gasteiger partial charge >= 0.3 is 0 Å². The number of hydrogen-bond donors (Lipinski definition) is 1. The van der Waals surface area contributed by atoms with Crippen molar-refractivity contribution in [3.05, 3.63) is 0 Å². The summed E-state index contributed by atoms with van der Waals surface area (Å²) in [6.07, 6.45) is 4.21. The Morgan fingerprint density at radius 1 is 1.40 bits per heavy atom. The molecule has 3 nitrogen and oxygen atoms in total. The van der Waals surface area contributed by atoms with Crippen LogP contribution in [0.15, 0.2) is 0 Å². The van der Waals surface area contributed by atoms with Crippen LogP contribution in [-0.4, -0.2) is 42.8 Å². The molecule has 0 saturated carbocycles. The fourth-order valence-electron chi connectivity index (χ4n) is 2.39. The second kappa shape index (κ2) is 6.46. The van der Waals surface area contributed by atoms with E-state index in [-0.39, 0.29) is 0 Å². The van der Waals surface area contributed by atoms with E-state index in [0.717, 1.165) is 19.7 Å². The first kappa shape index (κ1) is 12.9. The van der Waals surface area contributed by atoms with Gasteiger partial charge in [-0.05, 0) is 33.6 Å². The Bertz CT molecular complexity index is 173. The highest BCUT2D eigenvalue weighted by molar-refractivity contribution is 4.82. The van der Waals surface area contributed by atoms with E-state index in [9.17, 15) is 0 Å². The zero-order valence-electron chi connectivity index (χ0n) is 10.4. The van der Waals surface area contributed by atoms with E-state index in [2.05, 4.69) is 25.7 Å². The summed E-state index contributed by atoms with van der Waals surface area (Å²) in [5.74, 6) is 0. The number of ether oxygens (including phenoxy) is 1. The molecule has 0 aliphatic carbocycles. The first-order valence-electron chi connectivity index (χ1n) is 6.22.